The van der Waals surface area contributed by atoms with Crippen molar-refractivity contribution in [2.75, 3.05) is 19.0 Å². The van der Waals surface area contributed by atoms with Crippen molar-refractivity contribution in [2.24, 2.45) is 0 Å². The van der Waals surface area contributed by atoms with Crippen LogP contribution in [-0.2, 0) is 4.79 Å². The van der Waals surface area contributed by atoms with Crippen molar-refractivity contribution in [3.63, 3.8) is 0 Å². The highest BCUT2D eigenvalue weighted by molar-refractivity contribution is 5.92. The van der Waals surface area contributed by atoms with E-state index in [2.05, 4.69) is 10.6 Å². The monoisotopic (exact) mass is 254 g/mol. The Morgan fingerprint density at radius 1 is 1.39 bits per heavy atom. The maximum Gasteiger partial charge on any atom is 0.238 e. The number of methoxy groups -OCH3 is 1. The number of nitrogens with one attached hydrogen (secondary N) is 2. The Morgan fingerprint density at radius 2 is 2.06 bits per heavy atom. The lowest BCUT2D eigenvalue weighted by Gasteiger charge is -2.20. The summed E-state index contributed by atoms with van der Waals surface area (Å²) >= 11 is 0. The first-order valence-electron chi connectivity index (χ1n) is 5.70. The highest BCUT2D eigenvalue weighted by atomic mass is 19.1. The zero-order chi connectivity index (χ0) is 13.8. The summed E-state index contributed by atoms with van der Waals surface area (Å²) < 4.78 is 18.2. The lowest BCUT2D eigenvalue weighted by atomic mass is 10.1. The molecule has 0 bridgehead atoms. The number of hydrogen-bond acceptors (Lipinski definition) is 3. The van der Waals surface area contributed by atoms with Gasteiger partial charge in [-0.1, -0.05) is 0 Å². The number of hydrogen-bond donors (Lipinski definition) is 2. The molecule has 0 aliphatic rings. The minimum Gasteiger partial charge on any atom is -0.494 e. The molecule has 4 nitrogen and oxygen atoms in total. The lowest BCUT2D eigenvalue weighted by molar-refractivity contribution is -0.115. The molecule has 0 radical (unpaired) electrons. The molecule has 1 aromatic rings. The van der Waals surface area contributed by atoms with Crippen LogP contribution < -0.4 is 15.4 Å². The molecule has 1 aromatic carbocycles. The third kappa shape index (κ3) is 4.71. The largest absolute Gasteiger partial charge is 0.494 e. The van der Waals surface area contributed by atoms with Crippen molar-refractivity contribution in [3.05, 3.63) is 24.0 Å². The van der Waals surface area contributed by atoms with E-state index in [1.807, 2.05) is 20.8 Å². The molecule has 1 rings (SSSR count). The molecule has 1 amide bonds. The number of anilines is 1. The number of rotatable bonds is 4. The Morgan fingerprint density at radius 3 is 2.56 bits per heavy atom. The quantitative estimate of drug-likeness (QED) is 0.865. The Bertz CT molecular complexity index is 427. The fourth-order valence-corrected chi connectivity index (χ4v) is 1.29. The Kier molecular flexibility index (Phi) is 4.67. The predicted molar refractivity (Wildman–Crippen MR) is 69.3 cm³/mol. The number of halogens is 1. The predicted octanol–water partition coefficient (Wildman–Crippen LogP) is 2.16. The summed E-state index contributed by atoms with van der Waals surface area (Å²) in [6.45, 7) is 6.07. The van der Waals surface area contributed by atoms with Crippen LogP contribution in [0.1, 0.15) is 20.8 Å². The number of benzene rings is 1. The normalized spacial score (nSPS) is 11.2. The molecule has 100 valence electrons. The summed E-state index contributed by atoms with van der Waals surface area (Å²) in [6, 6.07) is 4.30. The van der Waals surface area contributed by atoms with E-state index < -0.39 is 5.82 Å². The Hall–Kier alpha value is -1.62. The van der Waals surface area contributed by atoms with E-state index in [0.29, 0.717) is 5.69 Å². The van der Waals surface area contributed by atoms with Gasteiger partial charge in [-0.25, -0.2) is 4.39 Å². The second kappa shape index (κ2) is 5.82. The summed E-state index contributed by atoms with van der Waals surface area (Å²) in [5.74, 6) is -0.561. The maximum atomic E-state index is 13.4. The molecular formula is C13H19FN2O2. The van der Waals surface area contributed by atoms with Crippen LogP contribution in [0.2, 0.25) is 0 Å². The number of ether oxygens (including phenoxy) is 1. The highest BCUT2D eigenvalue weighted by Crippen LogP contribution is 2.20. The van der Waals surface area contributed by atoms with E-state index in [9.17, 15) is 9.18 Å². The zero-order valence-corrected chi connectivity index (χ0v) is 11.1. The van der Waals surface area contributed by atoms with Gasteiger partial charge in [-0.05, 0) is 32.9 Å². The van der Waals surface area contributed by atoms with Crippen LogP contribution in [0.5, 0.6) is 5.75 Å². The minimum atomic E-state index is -0.501. The van der Waals surface area contributed by atoms with Crippen molar-refractivity contribution in [3.8, 4) is 5.75 Å². The summed E-state index contributed by atoms with van der Waals surface area (Å²) in [5.41, 5.74) is 0.275. The lowest BCUT2D eigenvalue weighted by Crippen LogP contribution is -2.41. The fraction of sp³-hybridized carbons (Fsp3) is 0.462. The number of carbonyl (C=O) groups is 1. The zero-order valence-electron chi connectivity index (χ0n) is 11.1. The van der Waals surface area contributed by atoms with E-state index >= 15 is 0 Å². The number of carbonyl (C=O) groups excluding carboxylic acids is 1. The molecule has 0 unspecified atom stereocenters. The summed E-state index contributed by atoms with van der Waals surface area (Å²) in [6.07, 6.45) is 0. The molecule has 18 heavy (non-hydrogen) atoms. The number of amides is 1. The fourth-order valence-electron chi connectivity index (χ4n) is 1.29. The molecule has 0 fully saturated rings. The van der Waals surface area contributed by atoms with Gasteiger partial charge < -0.3 is 15.4 Å². The van der Waals surface area contributed by atoms with Crippen LogP contribution in [0.15, 0.2) is 18.2 Å². The van der Waals surface area contributed by atoms with Crippen LogP contribution in [0.4, 0.5) is 10.1 Å². The van der Waals surface area contributed by atoms with Crippen molar-refractivity contribution in [2.45, 2.75) is 26.3 Å². The second-order valence-electron chi connectivity index (χ2n) is 5.00. The minimum absolute atomic E-state index is 0.136. The molecule has 0 aliphatic carbocycles. The van der Waals surface area contributed by atoms with Crippen LogP contribution in [0.25, 0.3) is 0 Å². The first-order valence-corrected chi connectivity index (χ1v) is 5.70. The van der Waals surface area contributed by atoms with Gasteiger partial charge in [0.15, 0.2) is 11.6 Å². The molecule has 0 saturated heterocycles. The van der Waals surface area contributed by atoms with Crippen LogP contribution in [-0.4, -0.2) is 25.1 Å². The molecule has 0 saturated carbocycles. The summed E-state index contributed by atoms with van der Waals surface area (Å²) in [7, 11) is 1.39. The van der Waals surface area contributed by atoms with Crippen molar-refractivity contribution in [1.29, 1.82) is 0 Å². The first-order chi connectivity index (χ1) is 8.31. The standard InChI is InChI=1S/C13H19FN2O2/c1-13(2,3)15-8-12(17)16-9-5-6-11(18-4)10(14)7-9/h5-7,15H,8H2,1-4H3,(H,16,17). The van der Waals surface area contributed by atoms with Gasteiger partial charge in [0, 0.05) is 17.3 Å². The highest BCUT2D eigenvalue weighted by Gasteiger charge is 2.12. The van der Waals surface area contributed by atoms with Gasteiger partial charge in [0.25, 0.3) is 0 Å². The van der Waals surface area contributed by atoms with E-state index in [4.69, 9.17) is 4.74 Å². The van der Waals surface area contributed by atoms with E-state index in [0.717, 1.165) is 0 Å². The maximum absolute atomic E-state index is 13.4. The van der Waals surface area contributed by atoms with E-state index in [1.165, 1.54) is 19.2 Å². The third-order valence-electron chi connectivity index (χ3n) is 2.21. The van der Waals surface area contributed by atoms with E-state index in [1.54, 1.807) is 6.07 Å². The van der Waals surface area contributed by atoms with Gasteiger partial charge in [-0.3, -0.25) is 4.79 Å². The van der Waals surface area contributed by atoms with Crippen molar-refractivity contribution < 1.29 is 13.9 Å². The van der Waals surface area contributed by atoms with Gasteiger partial charge in [-0.2, -0.15) is 0 Å². The molecule has 2 N–H and O–H groups in total. The SMILES string of the molecule is COc1ccc(NC(=O)CNC(C)(C)C)cc1F. The Labute approximate surface area is 107 Å². The average molecular weight is 254 g/mol. The van der Waals surface area contributed by atoms with Crippen LogP contribution >= 0.6 is 0 Å². The molecule has 0 heterocycles. The third-order valence-corrected chi connectivity index (χ3v) is 2.21. The van der Waals surface area contributed by atoms with Gasteiger partial charge in [0.2, 0.25) is 5.91 Å². The van der Waals surface area contributed by atoms with Crippen LogP contribution in [0, 0.1) is 5.82 Å². The molecule has 0 atom stereocenters. The molecule has 0 spiro atoms. The molecule has 0 aliphatic heterocycles. The topological polar surface area (TPSA) is 50.4 Å². The Balaban J connectivity index is 2.57. The second-order valence-corrected chi connectivity index (χ2v) is 5.00. The molecule has 0 aromatic heterocycles. The van der Waals surface area contributed by atoms with Crippen LogP contribution in [0.3, 0.4) is 0 Å². The van der Waals surface area contributed by atoms with Crippen molar-refractivity contribution >= 4 is 11.6 Å². The summed E-state index contributed by atoms with van der Waals surface area (Å²) in [5, 5.41) is 5.66. The molecular weight excluding hydrogens is 235 g/mol. The van der Waals surface area contributed by atoms with Crippen molar-refractivity contribution in [1.82, 2.24) is 5.32 Å². The van der Waals surface area contributed by atoms with E-state index in [-0.39, 0.29) is 23.7 Å². The van der Waals surface area contributed by atoms with Gasteiger partial charge in [-0.15, -0.1) is 0 Å². The van der Waals surface area contributed by atoms with Gasteiger partial charge in [0.1, 0.15) is 0 Å². The van der Waals surface area contributed by atoms with Gasteiger partial charge >= 0.3 is 0 Å². The average Bonchev–Trinajstić information content (AvgIpc) is 2.26. The smallest absolute Gasteiger partial charge is 0.238 e. The first kappa shape index (κ1) is 14.4. The van der Waals surface area contributed by atoms with Gasteiger partial charge in [0.05, 0.1) is 13.7 Å². The summed E-state index contributed by atoms with van der Waals surface area (Å²) in [4.78, 5) is 11.6. The molecule has 5 heteroatoms.